The number of fused-ring (bicyclic) bond motifs is 5. The molecule has 130 valence electrons. The van der Waals surface area contributed by atoms with Crippen LogP contribution in [0, 0.1) is 11.6 Å². The Morgan fingerprint density at radius 1 is 1.04 bits per heavy atom. The van der Waals surface area contributed by atoms with E-state index in [-0.39, 0.29) is 17.4 Å². The largest absolute Gasteiger partial charge is 0.287 e. The number of benzene rings is 2. The fraction of sp³-hybridized carbons (Fsp3) is 0.238. The fourth-order valence-electron chi connectivity index (χ4n) is 4.46. The average molecular weight is 350 g/mol. The molecule has 2 atom stereocenters. The molecule has 0 aliphatic heterocycles. The van der Waals surface area contributed by atoms with Gasteiger partial charge in [0, 0.05) is 23.1 Å². The number of rotatable bonds is 3. The summed E-state index contributed by atoms with van der Waals surface area (Å²) in [6, 6.07) is 12.5. The second-order valence-corrected chi connectivity index (χ2v) is 7.06. The maximum Gasteiger partial charge on any atom is 0.213 e. The third-order valence-corrected chi connectivity index (χ3v) is 5.58. The summed E-state index contributed by atoms with van der Waals surface area (Å²) in [5.74, 6) is -0.858. The molecule has 1 aromatic heterocycles. The van der Waals surface area contributed by atoms with Gasteiger partial charge in [-0.1, -0.05) is 30.3 Å². The zero-order valence-electron chi connectivity index (χ0n) is 14.0. The second-order valence-electron chi connectivity index (χ2n) is 7.06. The van der Waals surface area contributed by atoms with E-state index in [9.17, 15) is 13.6 Å². The van der Waals surface area contributed by atoms with Crippen LogP contribution in [0.1, 0.15) is 58.4 Å². The minimum absolute atomic E-state index is 0.143. The van der Waals surface area contributed by atoms with E-state index in [1.54, 1.807) is 12.1 Å². The van der Waals surface area contributed by atoms with Gasteiger partial charge in [-0.15, -0.1) is 0 Å². The quantitative estimate of drug-likeness (QED) is 0.639. The van der Waals surface area contributed by atoms with E-state index < -0.39 is 11.6 Å². The van der Waals surface area contributed by atoms with Crippen LogP contribution < -0.4 is 0 Å². The van der Waals surface area contributed by atoms with Crippen molar-refractivity contribution in [2.24, 2.45) is 0 Å². The fourth-order valence-corrected chi connectivity index (χ4v) is 4.46. The Labute approximate surface area is 149 Å². The van der Waals surface area contributed by atoms with E-state index in [4.69, 9.17) is 0 Å². The van der Waals surface area contributed by atoms with Gasteiger partial charge in [-0.2, -0.15) is 5.10 Å². The molecule has 0 spiro atoms. The molecule has 0 saturated heterocycles. The van der Waals surface area contributed by atoms with Crippen LogP contribution in [0.25, 0.3) is 5.69 Å². The van der Waals surface area contributed by atoms with Gasteiger partial charge in [-0.3, -0.25) is 4.79 Å². The lowest BCUT2D eigenvalue weighted by Crippen LogP contribution is -2.08. The summed E-state index contributed by atoms with van der Waals surface area (Å²) in [5, 5.41) is 4.51. The van der Waals surface area contributed by atoms with E-state index in [1.807, 2.05) is 18.2 Å². The number of nitrogens with zero attached hydrogens (tertiary/aromatic N) is 2. The Morgan fingerprint density at radius 2 is 1.81 bits per heavy atom. The van der Waals surface area contributed by atoms with E-state index in [0.717, 1.165) is 36.6 Å². The van der Waals surface area contributed by atoms with Crippen LogP contribution in [0.3, 0.4) is 0 Å². The molecule has 2 bridgehead atoms. The summed E-state index contributed by atoms with van der Waals surface area (Å²) >= 11 is 0. The molecule has 0 radical (unpaired) electrons. The maximum atomic E-state index is 14.4. The molecular weight excluding hydrogens is 334 g/mol. The molecule has 2 aromatic carbocycles. The standard InChI is InChI=1S/C21H16F2N2O/c22-15-8-9-17(16(23)11-15)25-20-14-7-6-13(10-14)18(20)19(24-25)21(26)12-4-2-1-3-5-12/h1-5,8-9,11,13-14H,6-7,10H2. The van der Waals surface area contributed by atoms with Gasteiger partial charge in [0.15, 0.2) is 5.82 Å². The lowest BCUT2D eigenvalue weighted by molar-refractivity contribution is 0.103. The van der Waals surface area contributed by atoms with Crippen molar-refractivity contribution in [1.82, 2.24) is 9.78 Å². The van der Waals surface area contributed by atoms with Crippen molar-refractivity contribution < 1.29 is 13.6 Å². The number of hydrogen-bond acceptors (Lipinski definition) is 2. The van der Waals surface area contributed by atoms with Crippen molar-refractivity contribution in [2.45, 2.75) is 31.1 Å². The average Bonchev–Trinajstić information content (AvgIpc) is 3.35. The van der Waals surface area contributed by atoms with Crippen molar-refractivity contribution in [3.05, 3.63) is 82.7 Å². The predicted octanol–water partition coefficient (Wildman–Crippen LogP) is 4.75. The Kier molecular flexibility index (Phi) is 3.32. The molecule has 0 amide bonds. The van der Waals surface area contributed by atoms with E-state index in [0.29, 0.717) is 17.2 Å². The highest BCUT2D eigenvalue weighted by molar-refractivity contribution is 6.09. The van der Waals surface area contributed by atoms with Gasteiger partial charge in [0.05, 0.1) is 5.69 Å². The first-order valence-electron chi connectivity index (χ1n) is 8.81. The molecule has 2 aliphatic rings. The summed E-state index contributed by atoms with van der Waals surface area (Å²) in [7, 11) is 0. The molecule has 5 rings (SSSR count). The summed E-state index contributed by atoms with van der Waals surface area (Å²) in [4.78, 5) is 13.0. The highest BCUT2D eigenvalue weighted by atomic mass is 19.1. The topological polar surface area (TPSA) is 34.9 Å². The van der Waals surface area contributed by atoms with Gasteiger partial charge in [0.2, 0.25) is 5.78 Å². The Bertz CT molecular complexity index is 1030. The maximum absolute atomic E-state index is 14.4. The van der Waals surface area contributed by atoms with Crippen molar-refractivity contribution in [3.8, 4) is 5.69 Å². The molecule has 0 N–H and O–H groups in total. The third-order valence-electron chi connectivity index (χ3n) is 5.58. The van der Waals surface area contributed by atoms with Crippen LogP contribution in [0.2, 0.25) is 0 Å². The molecular formula is C21H16F2N2O. The van der Waals surface area contributed by atoms with Gasteiger partial charge >= 0.3 is 0 Å². The second kappa shape index (κ2) is 5.59. The van der Waals surface area contributed by atoms with Gasteiger partial charge in [0.1, 0.15) is 17.2 Å². The van der Waals surface area contributed by atoms with E-state index in [2.05, 4.69) is 5.10 Å². The SMILES string of the molecule is O=C(c1ccccc1)c1nn(-c2ccc(F)cc2F)c2c1C1CCC2C1. The molecule has 3 aromatic rings. The summed E-state index contributed by atoms with van der Waals surface area (Å²) in [6.07, 6.45) is 3.03. The number of halogens is 2. The molecule has 2 aliphatic carbocycles. The van der Waals surface area contributed by atoms with E-state index >= 15 is 0 Å². The number of hydrogen-bond donors (Lipinski definition) is 0. The molecule has 1 fully saturated rings. The van der Waals surface area contributed by atoms with Crippen molar-refractivity contribution in [1.29, 1.82) is 0 Å². The normalized spacial score (nSPS) is 20.4. The highest BCUT2D eigenvalue weighted by Gasteiger charge is 2.44. The number of aromatic nitrogens is 2. The van der Waals surface area contributed by atoms with Crippen LogP contribution in [0.4, 0.5) is 8.78 Å². The Morgan fingerprint density at radius 3 is 2.58 bits per heavy atom. The summed E-state index contributed by atoms with van der Waals surface area (Å²) in [6.45, 7) is 0. The number of carbonyl (C=O) groups excluding carboxylic acids is 1. The monoisotopic (exact) mass is 350 g/mol. The van der Waals surface area contributed by atoms with Crippen LogP contribution in [-0.2, 0) is 0 Å². The third kappa shape index (κ3) is 2.16. The lowest BCUT2D eigenvalue weighted by atomic mass is 9.93. The van der Waals surface area contributed by atoms with Crippen LogP contribution in [0.5, 0.6) is 0 Å². The first-order valence-corrected chi connectivity index (χ1v) is 8.81. The smallest absolute Gasteiger partial charge is 0.213 e. The van der Waals surface area contributed by atoms with Gasteiger partial charge in [0.25, 0.3) is 0 Å². The van der Waals surface area contributed by atoms with Crippen molar-refractivity contribution >= 4 is 5.78 Å². The van der Waals surface area contributed by atoms with Crippen LogP contribution in [-0.4, -0.2) is 15.6 Å². The highest BCUT2D eigenvalue weighted by Crippen LogP contribution is 2.54. The first-order chi connectivity index (χ1) is 12.6. The molecule has 2 unspecified atom stereocenters. The number of carbonyl (C=O) groups is 1. The van der Waals surface area contributed by atoms with Crippen LogP contribution >= 0.6 is 0 Å². The molecule has 1 heterocycles. The number of ketones is 1. The summed E-state index contributed by atoms with van der Waals surface area (Å²) < 4.78 is 29.2. The zero-order chi connectivity index (χ0) is 17.8. The van der Waals surface area contributed by atoms with Crippen LogP contribution in [0.15, 0.2) is 48.5 Å². The van der Waals surface area contributed by atoms with Crippen molar-refractivity contribution in [3.63, 3.8) is 0 Å². The molecule has 26 heavy (non-hydrogen) atoms. The molecule has 5 heteroatoms. The molecule has 3 nitrogen and oxygen atoms in total. The summed E-state index contributed by atoms with van der Waals surface area (Å²) in [5.41, 5.74) is 3.05. The Balaban J connectivity index is 1.71. The minimum Gasteiger partial charge on any atom is -0.287 e. The minimum atomic E-state index is -0.670. The van der Waals surface area contributed by atoms with Gasteiger partial charge in [-0.25, -0.2) is 13.5 Å². The first kappa shape index (κ1) is 15.4. The lowest BCUT2D eigenvalue weighted by Gasteiger charge is -2.14. The van der Waals surface area contributed by atoms with Gasteiger partial charge in [-0.05, 0) is 37.3 Å². The predicted molar refractivity (Wildman–Crippen MR) is 92.7 cm³/mol. The van der Waals surface area contributed by atoms with Gasteiger partial charge < -0.3 is 0 Å². The zero-order valence-corrected chi connectivity index (χ0v) is 14.0. The molecule has 1 saturated carbocycles. The van der Waals surface area contributed by atoms with Crippen molar-refractivity contribution in [2.75, 3.05) is 0 Å². The van der Waals surface area contributed by atoms with E-state index in [1.165, 1.54) is 16.8 Å². The Hall–Kier alpha value is -2.82.